The molecule has 0 aliphatic rings. The Balaban J connectivity index is 2.90. The summed E-state index contributed by atoms with van der Waals surface area (Å²) in [7, 11) is -3.59. The van der Waals surface area contributed by atoms with Crippen molar-refractivity contribution in [1.82, 2.24) is 4.72 Å². The summed E-state index contributed by atoms with van der Waals surface area (Å²) in [6.45, 7) is 5.27. The van der Waals surface area contributed by atoms with Crippen LogP contribution in [0.25, 0.3) is 0 Å². The number of rotatable bonds is 6. The number of hydrogen-bond acceptors (Lipinski definition) is 4. The maximum Gasteiger partial charge on any atom is 0.242 e. The third-order valence-electron chi connectivity index (χ3n) is 2.37. The van der Waals surface area contributed by atoms with Gasteiger partial charge in [0.1, 0.15) is 6.73 Å². The van der Waals surface area contributed by atoms with Gasteiger partial charge in [-0.1, -0.05) is 0 Å². The minimum atomic E-state index is -3.59. The van der Waals surface area contributed by atoms with E-state index in [0.29, 0.717) is 17.9 Å². The maximum absolute atomic E-state index is 11.9. The van der Waals surface area contributed by atoms with Crippen molar-refractivity contribution in [3.8, 4) is 0 Å². The van der Waals surface area contributed by atoms with E-state index in [1.54, 1.807) is 19.9 Å². The standard InChI is InChI=1S/C12H18N2O4S/c1-4-18-8-13-19(16,17)11-5-6-12(9(2)7-11)14-10(3)15/h5-7,13H,4,8H2,1-3H3,(H,14,15). The molecule has 1 aromatic rings. The number of amides is 1. The van der Waals surface area contributed by atoms with E-state index in [9.17, 15) is 13.2 Å². The van der Waals surface area contributed by atoms with Crippen LogP contribution in [-0.2, 0) is 19.6 Å². The van der Waals surface area contributed by atoms with Gasteiger partial charge in [0.05, 0.1) is 4.90 Å². The second-order valence-electron chi connectivity index (χ2n) is 3.94. The molecule has 0 fully saturated rings. The molecule has 1 amide bonds. The van der Waals surface area contributed by atoms with Gasteiger partial charge < -0.3 is 10.1 Å². The number of ether oxygens (including phenoxy) is 1. The number of benzene rings is 1. The zero-order valence-corrected chi connectivity index (χ0v) is 12.0. The fraction of sp³-hybridized carbons (Fsp3) is 0.417. The number of sulfonamides is 1. The molecule has 7 heteroatoms. The van der Waals surface area contributed by atoms with Crippen LogP contribution in [-0.4, -0.2) is 27.7 Å². The average Bonchev–Trinajstić information content (AvgIpc) is 2.31. The van der Waals surface area contributed by atoms with Crippen LogP contribution in [0.5, 0.6) is 0 Å². The van der Waals surface area contributed by atoms with Crippen molar-refractivity contribution in [2.45, 2.75) is 25.7 Å². The Morgan fingerprint density at radius 3 is 2.58 bits per heavy atom. The highest BCUT2D eigenvalue weighted by atomic mass is 32.2. The van der Waals surface area contributed by atoms with Crippen molar-refractivity contribution < 1.29 is 17.9 Å². The highest BCUT2D eigenvalue weighted by molar-refractivity contribution is 7.89. The summed E-state index contributed by atoms with van der Waals surface area (Å²) < 4.78 is 31.1. The fourth-order valence-corrected chi connectivity index (χ4v) is 2.42. The largest absolute Gasteiger partial charge is 0.366 e. The van der Waals surface area contributed by atoms with Crippen molar-refractivity contribution in [2.75, 3.05) is 18.7 Å². The number of nitrogens with one attached hydrogen (secondary N) is 2. The Morgan fingerprint density at radius 2 is 2.05 bits per heavy atom. The molecule has 0 atom stereocenters. The van der Waals surface area contributed by atoms with E-state index < -0.39 is 10.0 Å². The van der Waals surface area contributed by atoms with E-state index >= 15 is 0 Å². The SMILES string of the molecule is CCOCNS(=O)(=O)c1ccc(NC(C)=O)c(C)c1. The highest BCUT2D eigenvalue weighted by Crippen LogP contribution is 2.19. The van der Waals surface area contributed by atoms with Crippen LogP contribution in [0.15, 0.2) is 23.1 Å². The number of hydrogen-bond donors (Lipinski definition) is 2. The lowest BCUT2D eigenvalue weighted by Gasteiger charge is -2.10. The average molecular weight is 286 g/mol. The third kappa shape index (κ3) is 4.62. The summed E-state index contributed by atoms with van der Waals surface area (Å²) in [6, 6.07) is 4.50. The van der Waals surface area contributed by atoms with Crippen LogP contribution in [0.4, 0.5) is 5.69 Å². The van der Waals surface area contributed by atoms with Gasteiger partial charge >= 0.3 is 0 Å². The molecule has 0 spiro atoms. The first-order chi connectivity index (χ1) is 8.86. The van der Waals surface area contributed by atoms with Crippen LogP contribution in [0.1, 0.15) is 19.4 Å². The van der Waals surface area contributed by atoms with Crippen molar-refractivity contribution in [3.05, 3.63) is 23.8 Å². The molecule has 0 saturated heterocycles. The maximum atomic E-state index is 11.9. The van der Waals surface area contributed by atoms with Gasteiger partial charge in [-0.05, 0) is 37.6 Å². The van der Waals surface area contributed by atoms with E-state index in [4.69, 9.17) is 4.74 Å². The molecule has 0 unspecified atom stereocenters. The quantitative estimate of drug-likeness (QED) is 0.608. The van der Waals surface area contributed by atoms with Gasteiger partial charge in [-0.2, -0.15) is 4.72 Å². The lowest BCUT2D eigenvalue weighted by molar-refractivity contribution is -0.114. The highest BCUT2D eigenvalue weighted by Gasteiger charge is 2.14. The Kier molecular flexibility index (Phi) is 5.46. The van der Waals surface area contributed by atoms with Crippen molar-refractivity contribution >= 4 is 21.6 Å². The van der Waals surface area contributed by atoms with Gasteiger partial charge in [0.25, 0.3) is 0 Å². The van der Waals surface area contributed by atoms with Gasteiger partial charge in [0.2, 0.25) is 15.9 Å². The van der Waals surface area contributed by atoms with E-state index in [1.165, 1.54) is 19.1 Å². The van der Waals surface area contributed by atoms with E-state index in [1.807, 2.05) is 0 Å². The monoisotopic (exact) mass is 286 g/mol. The van der Waals surface area contributed by atoms with Gasteiger partial charge in [-0.3, -0.25) is 4.79 Å². The minimum Gasteiger partial charge on any atom is -0.366 e. The summed E-state index contributed by atoms with van der Waals surface area (Å²) in [5.74, 6) is -0.201. The van der Waals surface area contributed by atoms with Crippen molar-refractivity contribution in [3.63, 3.8) is 0 Å². The zero-order chi connectivity index (χ0) is 14.5. The van der Waals surface area contributed by atoms with E-state index in [-0.39, 0.29) is 17.5 Å². The molecule has 1 aromatic carbocycles. The van der Waals surface area contributed by atoms with Crippen LogP contribution < -0.4 is 10.0 Å². The lowest BCUT2D eigenvalue weighted by Crippen LogP contribution is -2.26. The van der Waals surface area contributed by atoms with E-state index in [0.717, 1.165) is 0 Å². The summed E-state index contributed by atoms with van der Waals surface area (Å²) in [5, 5.41) is 2.63. The molecule has 0 aliphatic carbocycles. The predicted molar refractivity (Wildman–Crippen MR) is 72.3 cm³/mol. The smallest absolute Gasteiger partial charge is 0.242 e. The molecule has 1 rings (SSSR count). The Hall–Kier alpha value is -1.44. The molecule has 0 heterocycles. The first-order valence-electron chi connectivity index (χ1n) is 5.82. The molecule has 106 valence electrons. The predicted octanol–water partition coefficient (Wildman–Crippen LogP) is 1.23. The van der Waals surface area contributed by atoms with E-state index in [2.05, 4.69) is 10.0 Å². The molecule has 6 nitrogen and oxygen atoms in total. The summed E-state index contributed by atoms with van der Waals surface area (Å²) >= 11 is 0. The molecule has 0 saturated carbocycles. The summed E-state index contributed by atoms with van der Waals surface area (Å²) in [5.41, 5.74) is 1.27. The topological polar surface area (TPSA) is 84.5 Å². The number of aryl methyl sites for hydroxylation is 1. The molecule has 0 radical (unpaired) electrons. The molecular formula is C12H18N2O4S. The molecule has 19 heavy (non-hydrogen) atoms. The lowest BCUT2D eigenvalue weighted by atomic mass is 10.2. The van der Waals surface area contributed by atoms with Crippen LogP contribution in [0, 0.1) is 6.92 Å². The number of carbonyl (C=O) groups is 1. The second kappa shape index (κ2) is 6.65. The molecule has 0 aliphatic heterocycles. The normalized spacial score (nSPS) is 11.3. The minimum absolute atomic E-state index is 0.0642. The van der Waals surface area contributed by atoms with Gasteiger partial charge in [-0.15, -0.1) is 0 Å². The first kappa shape index (κ1) is 15.6. The number of anilines is 1. The van der Waals surface area contributed by atoms with Gasteiger partial charge in [0.15, 0.2) is 0 Å². The zero-order valence-electron chi connectivity index (χ0n) is 11.2. The molecular weight excluding hydrogens is 268 g/mol. The van der Waals surface area contributed by atoms with Crippen LogP contribution >= 0.6 is 0 Å². The number of carbonyl (C=O) groups excluding carboxylic acids is 1. The van der Waals surface area contributed by atoms with Crippen LogP contribution in [0.2, 0.25) is 0 Å². The molecule has 0 bridgehead atoms. The van der Waals surface area contributed by atoms with Gasteiger partial charge in [0, 0.05) is 19.2 Å². The molecule has 2 N–H and O–H groups in total. The van der Waals surface area contributed by atoms with Crippen molar-refractivity contribution in [2.24, 2.45) is 0 Å². The summed E-state index contributed by atoms with van der Waals surface area (Å²) in [6.07, 6.45) is 0. The van der Waals surface area contributed by atoms with Crippen LogP contribution in [0.3, 0.4) is 0 Å². The Labute approximate surface area is 113 Å². The first-order valence-corrected chi connectivity index (χ1v) is 7.30. The third-order valence-corrected chi connectivity index (χ3v) is 3.75. The Bertz CT molecular complexity index is 555. The van der Waals surface area contributed by atoms with Gasteiger partial charge in [-0.25, -0.2) is 8.42 Å². The van der Waals surface area contributed by atoms with Crippen molar-refractivity contribution in [1.29, 1.82) is 0 Å². The fourth-order valence-electron chi connectivity index (χ4n) is 1.44. The molecule has 0 aromatic heterocycles. The Morgan fingerprint density at radius 1 is 1.37 bits per heavy atom. The summed E-state index contributed by atoms with van der Waals surface area (Å²) in [4.78, 5) is 11.1. The second-order valence-corrected chi connectivity index (χ2v) is 5.71.